The highest BCUT2D eigenvalue weighted by molar-refractivity contribution is 6.05. The Morgan fingerprint density at radius 3 is 2.29 bits per heavy atom. The van der Waals surface area contributed by atoms with Crippen molar-refractivity contribution in [3.05, 3.63) is 102 Å². The van der Waals surface area contributed by atoms with E-state index in [9.17, 15) is 14.4 Å². The number of carbonyl (C=O) groups excluding carboxylic acids is 3. The Balaban J connectivity index is 1.66. The predicted octanol–water partition coefficient (Wildman–Crippen LogP) is 3.30. The third kappa shape index (κ3) is 6.43. The molecular formula is C24H22N2O5. The molecule has 0 spiro atoms. The topological polar surface area (TPSA) is 97.6 Å². The molecule has 3 aromatic rings. The molecule has 0 fully saturated rings. The van der Waals surface area contributed by atoms with Crippen LogP contribution in [0.1, 0.15) is 28.6 Å². The highest BCUT2D eigenvalue weighted by Gasteiger charge is 2.21. The van der Waals surface area contributed by atoms with E-state index in [2.05, 4.69) is 10.6 Å². The minimum Gasteiger partial charge on any atom is -0.465 e. The molecule has 1 atom stereocenters. The first kappa shape index (κ1) is 21.6. The Morgan fingerprint density at radius 1 is 0.968 bits per heavy atom. The van der Waals surface area contributed by atoms with E-state index in [4.69, 9.17) is 9.15 Å². The summed E-state index contributed by atoms with van der Waals surface area (Å²) < 4.78 is 10.5. The highest BCUT2D eigenvalue weighted by atomic mass is 16.5. The van der Waals surface area contributed by atoms with Gasteiger partial charge in [0.25, 0.3) is 11.8 Å². The summed E-state index contributed by atoms with van der Waals surface area (Å²) in [6.07, 6.45) is 2.84. The van der Waals surface area contributed by atoms with Crippen molar-refractivity contribution in [2.45, 2.75) is 19.6 Å². The Hall–Kier alpha value is -4.13. The van der Waals surface area contributed by atoms with Crippen molar-refractivity contribution in [1.82, 2.24) is 10.6 Å². The van der Waals surface area contributed by atoms with Crippen LogP contribution in [0.4, 0.5) is 0 Å². The predicted molar refractivity (Wildman–Crippen MR) is 114 cm³/mol. The maximum absolute atomic E-state index is 12.8. The number of benzene rings is 2. The van der Waals surface area contributed by atoms with Gasteiger partial charge >= 0.3 is 5.97 Å². The maximum Gasteiger partial charge on any atom is 0.328 e. The summed E-state index contributed by atoms with van der Waals surface area (Å²) in [6, 6.07) is 20.1. The molecule has 7 heteroatoms. The van der Waals surface area contributed by atoms with Gasteiger partial charge in [0.2, 0.25) is 0 Å². The molecule has 2 aromatic carbocycles. The normalized spacial score (nSPS) is 12.0. The fourth-order valence-corrected chi connectivity index (χ4v) is 2.65. The van der Waals surface area contributed by atoms with Gasteiger partial charge in [-0.25, -0.2) is 4.79 Å². The first-order chi connectivity index (χ1) is 15.0. The Labute approximate surface area is 179 Å². The van der Waals surface area contributed by atoms with E-state index in [1.165, 1.54) is 19.3 Å². The molecule has 3 rings (SSSR count). The lowest BCUT2D eigenvalue weighted by molar-refractivity contribution is -0.148. The zero-order chi connectivity index (χ0) is 22.1. The van der Waals surface area contributed by atoms with Gasteiger partial charge in [-0.05, 0) is 36.8 Å². The lowest BCUT2D eigenvalue weighted by Gasteiger charge is -2.15. The van der Waals surface area contributed by atoms with Crippen molar-refractivity contribution >= 4 is 23.9 Å². The molecule has 0 saturated carbocycles. The minimum absolute atomic E-state index is 0.0634. The summed E-state index contributed by atoms with van der Waals surface area (Å²) in [5.74, 6) is -1.33. The van der Waals surface area contributed by atoms with Crippen LogP contribution in [0.25, 0.3) is 6.08 Å². The summed E-state index contributed by atoms with van der Waals surface area (Å²) in [4.78, 5) is 37.6. The second kappa shape index (κ2) is 10.6. The fraction of sp³-hybridized carbons (Fsp3) is 0.125. The third-order valence-electron chi connectivity index (χ3n) is 4.28. The second-order valence-electron chi connectivity index (χ2n) is 6.68. The van der Waals surface area contributed by atoms with E-state index in [0.29, 0.717) is 11.3 Å². The summed E-state index contributed by atoms with van der Waals surface area (Å²) in [5.41, 5.74) is 1.16. The van der Waals surface area contributed by atoms with Gasteiger partial charge in [-0.15, -0.1) is 0 Å². The van der Waals surface area contributed by atoms with Crippen molar-refractivity contribution in [2.75, 3.05) is 0 Å². The van der Waals surface area contributed by atoms with Crippen LogP contribution in [0, 0.1) is 0 Å². The van der Waals surface area contributed by atoms with Crippen molar-refractivity contribution in [1.29, 1.82) is 0 Å². The van der Waals surface area contributed by atoms with Crippen molar-refractivity contribution in [2.24, 2.45) is 0 Å². The Bertz CT molecular complexity index is 1040. The van der Waals surface area contributed by atoms with Gasteiger partial charge < -0.3 is 19.8 Å². The Morgan fingerprint density at radius 2 is 1.65 bits per heavy atom. The summed E-state index contributed by atoms with van der Waals surface area (Å²) in [7, 11) is 0. The average molecular weight is 418 g/mol. The van der Waals surface area contributed by atoms with E-state index in [-0.39, 0.29) is 12.3 Å². The van der Waals surface area contributed by atoms with Crippen LogP contribution < -0.4 is 10.6 Å². The van der Waals surface area contributed by atoms with Crippen LogP contribution >= 0.6 is 0 Å². The molecule has 0 unspecified atom stereocenters. The van der Waals surface area contributed by atoms with E-state index in [0.717, 1.165) is 5.56 Å². The Kier molecular flexibility index (Phi) is 7.37. The highest BCUT2D eigenvalue weighted by Crippen LogP contribution is 2.09. The van der Waals surface area contributed by atoms with Crippen LogP contribution in [0.15, 0.2) is 89.2 Å². The smallest absolute Gasteiger partial charge is 0.328 e. The van der Waals surface area contributed by atoms with Crippen LogP contribution in [0.3, 0.4) is 0 Å². The lowest BCUT2D eigenvalue weighted by atomic mass is 10.2. The van der Waals surface area contributed by atoms with Gasteiger partial charge in [-0.3, -0.25) is 9.59 Å². The van der Waals surface area contributed by atoms with Gasteiger partial charge in [0.05, 0.1) is 6.26 Å². The molecule has 0 saturated heterocycles. The molecule has 2 amide bonds. The summed E-state index contributed by atoms with van der Waals surface area (Å²) >= 11 is 0. The number of hydrogen-bond acceptors (Lipinski definition) is 5. The molecule has 0 aliphatic rings. The summed E-state index contributed by atoms with van der Waals surface area (Å²) in [6.45, 7) is 1.61. The average Bonchev–Trinajstić information content (AvgIpc) is 3.31. The number of furan rings is 1. The van der Waals surface area contributed by atoms with E-state index >= 15 is 0 Å². The molecule has 31 heavy (non-hydrogen) atoms. The zero-order valence-corrected chi connectivity index (χ0v) is 16.9. The van der Waals surface area contributed by atoms with Crippen LogP contribution in [0.5, 0.6) is 0 Å². The van der Waals surface area contributed by atoms with E-state index < -0.39 is 23.8 Å². The SMILES string of the molecule is C[C@H](NC(=O)/C(=C\c1ccco1)NC(=O)c1ccccc1)C(=O)OCc1ccccc1. The maximum atomic E-state index is 12.8. The summed E-state index contributed by atoms with van der Waals surface area (Å²) in [5, 5.41) is 5.12. The van der Waals surface area contributed by atoms with E-state index in [1.807, 2.05) is 30.3 Å². The molecule has 158 valence electrons. The van der Waals surface area contributed by atoms with Crippen molar-refractivity contribution in [3.63, 3.8) is 0 Å². The van der Waals surface area contributed by atoms with Gasteiger partial charge in [-0.1, -0.05) is 48.5 Å². The monoisotopic (exact) mass is 418 g/mol. The molecule has 1 heterocycles. The van der Waals surface area contributed by atoms with Gasteiger partial charge in [0.15, 0.2) is 0 Å². The molecule has 0 aliphatic carbocycles. The standard InChI is InChI=1S/C24H22N2O5/c1-17(24(29)31-16-18-9-4-2-5-10-18)25-23(28)21(15-20-13-8-14-30-20)26-22(27)19-11-6-3-7-12-19/h2-15,17H,16H2,1H3,(H,25,28)(H,26,27)/b21-15+/t17-/m0/s1. The quantitative estimate of drug-likeness (QED) is 0.432. The van der Waals surface area contributed by atoms with Crippen LogP contribution in [0.2, 0.25) is 0 Å². The number of carbonyl (C=O) groups is 3. The van der Waals surface area contributed by atoms with Gasteiger partial charge in [0.1, 0.15) is 24.1 Å². The van der Waals surface area contributed by atoms with Gasteiger partial charge in [0, 0.05) is 11.6 Å². The molecule has 0 bridgehead atoms. The van der Waals surface area contributed by atoms with Crippen LogP contribution in [-0.4, -0.2) is 23.8 Å². The molecule has 7 nitrogen and oxygen atoms in total. The number of esters is 1. The fourth-order valence-electron chi connectivity index (χ4n) is 2.65. The molecular weight excluding hydrogens is 396 g/mol. The minimum atomic E-state index is -0.926. The van der Waals surface area contributed by atoms with Gasteiger partial charge in [-0.2, -0.15) is 0 Å². The first-order valence-electron chi connectivity index (χ1n) is 9.66. The zero-order valence-electron chi connectivity index (χ0n) is 16.9. The number of nitrogens with one attached hydrogen (secondary N) is 2. The number of amides is 2. The lowest BCUT2D eigenvalue weighted by Crippen LogP contribution is -2.43. The molecule has 1 aromatic heterocycles. The number of hydrogen-bond donors (Lipinski definition) is 2. The molecule has 2 N–H and O–H groups in total. The second-order valence-corrected chi connectivity index (χ2v) is 6.68. The number of ether oxygens (including phenoxy) is 1. The first-order valence-corrected chi connectivity index (χ1v) is 9.66. The molecule has 0 aliphatic heterocycles. The largest absolute Gasteiger partial charge is 0.465 e. The molecule has 0 radical (unpaired) electrons. The number of rotatable bonds is 8. The van der Waals surface area contributed by atoms with E-state index in [1.54, 1.807) is 42.5 Å². The van der Waals surface area contributed by atoms with Crippen LogP contribution in [-0.2, 0) is 20.9 Å². The third-order valence-corrected chi connectivity index (χ3v) is 4.28. The van der Waals surface area contributed by atoms with Crippen molar-refractivity contribution < 1.29 is 23.5 Å². The van der Waals surface area contributed by atoms with Crippen molar-refractivity contribution in [3.8, 4) is 0 Å².